The van der Waals surface area contributed by atoms with Crippen LogP contribution in [0.15, 0.2) is 138 Å². The number of allylic oxidation sites excluding steroid dienone is 2. The highest BCUT2D eigenvalue weighted by Gasteiger charge is 2.34. The normalized spacial score (nSPS) is 13.3. The largest absolute Gasteiger partial charge is 0.678 e. The van der Waals surface area contributed by atoms with Crippen molar-refractivity contribution >= 4 is 24.3 Å². The Morgan fingerprint density at radius 2 is 1.06 bits per heavy atom. The molecular formula is C45H39BF2N2O4. The molecule has 6 nitrogen and oxygen atoms in total. The van der Waals surface area contributed by atoms with Crippen LogP contribution in [-0.4, -0.2) is 46.0 Å². The quantitative estimate of drug-likeness (QED) is 0.125. The smallest absolute Gasteiger partial charge is 0.497 e. The van der Waals surface area contributed by atoms with Crippen LogP contribution >= 0.6 is 0 Å². The summed E-state index contributed by atoms with van der Waals surface area (Å²) >= 11 is 0. The van der Waals surface area contributed by atoms with Gasteiger partial charge in [-0.2, -0.15) is 0 Å². The van der Waals surface area contributed by atoms with Crippen molar-refractivity contribution in [3.05, 3.63) is 167 Å². The first-order valence-corrected chi connectivity index (χ1v) is 17.5. The molecule has 0 aliphatic carbocycles. The number of aliphatic imine (C=N–C) groups is 1. The number of rotatable bonds is 11. The summed E-state index contributed by atoms with van der Waals surface area (Å²) in [6.07, 6.45) is 2.02. The molecule has 1 aromatic heterocycles. The van der Waals surface area contributed by atoms with Gasteiger partial charge in [0.1, 0.15) is 23.0 Å². The zero-order valence-electron chi connectivity index (χ0n) is 31.0. The van der Waals surface area contributed by atoms with Crippen LogP contribution in [0.4, 0.5) is 8.63 Å². The number of benzene rings is 5. The van der Waals surface area contributed by atoms with Crippen molar-refractivity contribution in [1.82, 2.24) is 4.48 Å². The minimum absolute atomic E-state index is 0.335. The molecule has 0 atom stereocenters. The van der Waals surface area contributed by atoms with E-state index < -0.39 is 7.40 Å². The number of hydrogen-bond acceptors (Lipinski definition) is 5. The van der Waals surface area contributed by atoms with E-state index in [1.165, 1.54) is 0 Å². The molecule has 270 valence electrons. The Bertz CT molecular complexity index is 2400. The number of ether oxygens (including phenoxy) is 4. The Morgan fingerprint density at radius 1 is 0.574 bits per heavy atom. The number of aryl methyl sites for hydroxylation is 2. The van der Waals surface area contributed by atoms with E-state index in [4.69, 9.17) is 23.9 Å². The lowest BCUT2D eigenvalue weighted by Crippen LogP contribution is -2.18. The van der Waals surface area contributed by atoms with Gasteiger partial charge in [0.05, 0.1) is 45.5 Å². The maximum Gasteiger partial charge on any atom is 0.678 e. The van der Waals surface area contributed by atoms with Crippen LogP contribution < -0.4 is 18.9 Å². The van der Waals surface area contributed by atoms with E-state index in [2.05, 4.69) is 6.07 Å². The van der Waals surface area contributed by atoms with Gasteiger partial charge in [0.2, 0.25) is 0 Å². The summed E-state index contributed by atoms with van der Waals surface area (Å²) in [5.74, 6) is 2.70. The molecule has 0 radical (unpaired) electrons. The Balaban J connectivity index is 1.62. The first-order chi connectivity index (χ1) is 26.2. The van der Waals surface area contributed by atoms with Crippen molar-refractivity contribution in [2.45, 2.75) is 13.8 Å². The molecule has 0 spiro atoms. The summed E-state index contributed by atoms with van der Waals surface area (Å²) in [5.41, 5.74) is 9.75. The minimum atomic E-state index is -2.91. The molecule has 7 rings (SSSR count). The Morgan fingerprint density at radius 3 is 1.54 bits per heavy atom. The molecule has 0 amide bonds. The van der Waals surface area contributed by atoms with Gasteiger partial charge in [-0.3, -0.25) is 8.63 Å². The third-order valence-electron chi connectivity index (χ3n) is 9.70. The summed E-state index contributed by atoms with van der Waals surface area (Å²) in [5, 5.41) is 0. The zero-order valence-corrected chi connectivity index (χ0v) is 31.0. The van der Waals surface area contributed by atoms with Gasteiger partial charge < -0.3 is 23.4 Å². The van der Waals surface area contributed by atoms with Gasteiger partial charge in [0.15, 0.2) is 0 Å². The molecule has 0 unspecified atom stereocenters. The van der Waals surface area contributed by atoms with Crippen molar-refractivity contribution < 1.29 is 27.6 Å². The number of hydrogen-bond donors (Lipinski definition) is 0. The fourth-order valence-electron chi connectivity index (χ4n) is 6.93. The SMILES string of the molecule is COc1ccc(C2=CC(c3ccc(OC)cc3)=N/C2=C(/c2ccc(C)cc2C)c2c(-c3ccc(OC)cc3)cc(-c3ccc(OC)cc3)n2B(F)F)cc1. The third kappa shape index (κ3) is 6.93. The first-order valence-electron chi connectivity index (χ1n) is 17.5. The highest BCUT2D eigenvalue weighted by Crippen LogP contribution is 2.46. The van der Waals surface area contributed by atoms with Crippen LogP contribution in [0.2, 0.25) is 0 Å². The van der Waals surface area contributed by atoms with E-state index in [0.717, 1.165) is 43.4 Å². The molecule has 9 heteroatoms. The maximum absolute atomic E-state index is 16.0. The standard InChI is InChI=1S/C45H39BF2N2O4/c1-28-7-24-38(29(2)25-28)43(44-39(30-8-16-34(51-3)17-9-30)26-41(49-44)32-12-20-36(53-5)21-13-32)45-40(31-10-18-35(52-4)19-11-31)27-42(50(45)46(47)48)33-14-22-37(54-6)23-15-33/h7-27H,1-6H3/b44-43-. The molecule has 1 aliphatic heterocycles. The number of aromatic nitrogens is 1. The lowest BCUT2D eigenvalue weighted by atomic mass is 9.88. The second-order valence-electron chi connectivity index (χ2n) is 13.0. The van der Waals surface area contributed by atoms with E-state index in [1.807, 2.05) is 111 Å². The van der Waals surface area contributed by atoms with Gasteiger partial charge in [-0.15, -0.1) is 0 Å². The topological polar surface area (TPSA) is 54.2 Å². The van der Waals surface area contributed by atoms with Gasteiger partial charge in [0.25, 0.3) is 0 Å². The fraction of sp³-hybridized carbons (Fsp3) is 0.133. The lowest BCUT2D eigenvalue weighted by molar-refractivity contribution is 0.414. The second-order valence-corrected chi connectivity index (χ2v) is 13.0. The van der Waals surface area contributed by atoms with Gasteiger partial charge in [-0.25, -0.2) is 4.99 Å². The molecule has 2 heterocycles. The highest BCUT2D eigenvalue weighted by molar-refractivity contribution is 6.42. The highest BCUT2D eigenvalue weighted by atomic mass is 19.2. The molecular weight excluding hydrogens is 681 g/mol. The van der Waals surface area contributed by atoms with Crippen molar-refractivity contribution in [2.75, 3.05) is 28.4 Å². The molecule has 0 saturated heterocycles. The molecule has 5 aromatic carbocycles. The average Bonchev–Trinajstić information content (AvgIpc) is 3.82. The Hall–Kier alpha value is -6.35. The number of methoxy groups -OCH3 is 4. The van der Waals surface area contributed by atoms with Crippen molar-refractivity contribution in [1.29, 1.82) is 0 Å². The summed E-state index contributed by atoms with van der Waals surface area (Å²) in [7, 11) is 3.52. The van der Waals surface area contributed by atoms with Gasteiger partial charge in [-0.1, -0.05) is 48.0 Å². The molecule has 0 saturated carbocycles. The Labute approximate surface area is 314 Å². The van der Waals surface area contributed by atoms with Gasteiger partial charge >= 0.3 is 7.40 Å². The summed E-state index contributed by atoms with van der Waals surface area (Å²) in [6, 6.07) is 38.0. The van der Waals surface area contributed by atoms with Crippen LogP contribution in [0.25, 0.3) is 33.5 Å². The van der Waals surface area contributed by atoms with Gasteiger partial charge in [-0.05, 0) is 127 Å². The minimum Gasteiger partial charge on any atom is -0.497 e. The van der Waals surface area contributed by atoms with Crippen LogP contribution in [-0.2, 0) is 0 Å². The molecule has 54 heavy (non-hydrogen) atoms. The summed E-state index contributed by atoms with van der Waals surface area (Å²) in [6.45, 7) is 4.03. The van der Waals surface area contributed by atoms with Crippen molar-refractivity contribution in [2.24, 2.45) is 4.99 Å². The van der Waals surface area contributed by atoms with Gasteiger partial charge in [0, 0.05) is 28.0 Å². The maximum atomic E-state index is 16.0. The van der Waals surface area contributed by atoms with E-state index in [1.54, 1.807) is 52.7 Å². The van der Waals surface area contributed by atoms with Crippen molar-refractivity contribution in [3.63, 3.8) is 0 Å². The fourth-order valence-corrected chi connectivity index (χ4v) is 6.93. The lowest BCUT2D eigenvalue weighted by Gasteiger charge is -2.21. The monoisotopic (exact) mass is 720 g/mol. The molecule has 0 bridgehead atoms. The summed E-state index contributed by atoms with van der Waals surface area (Å²) in [4.78, 5) is 5.33. The van der Waals surface area contributed by atoms with E-state index in [9.17, 15) is 0 Å². The van der Waals surface area contributed by atoms with Crippen molar-refractivity contribution in [3.8, 4) is 45.4 Å². The first kappa shape index (κ1) is 36.0. The number of halogens is 2. The molecule has 0 fully saturated rings. The van der Waals surface area contributed by atoms with Crippen LogP contribution in [0.5, 0.6) is 23.0 Å². The predicted octanol–water partition coefficient (Wildman–Crippen LogP) is 10.6. The van der Waals surface area contributed by atoms with Crippen LogP contribution in [0.1, 0.15) is 33.5 Å². The molecule has 6 aromatic rings. The number of nitrogens with zero attached hydrogens (tertiary/aromatic N) is 2. The molecule has 1 aliphatic rings. The van der Waals surface area contributed by atoms with Crippen LogP contribution in [0, 0.1) is 13.8 Å². The van der Waals surface area contributed by atoms with E-state index in [-0.39, 0.29) is 0 Å². The van der Waals surface area contributed by atoms with E-state index >= 15 is 8.63 Å². The summed E-state index contributed by atoms with van der Waals surface area (Å²) < 4.78 is 55.0. The second kappa shape index (κ2) is 15.3. The van der Waals surface area contributed by atoms with Crippen LogP contribution in [0.3, 0.4) is 0 Å². The predicted molar refractivity (Wildman–Crippen MR) is 214 cm³/mol. The Kier molecular flexibility index (Phi) is 10.2. The molecule has 0 N–H and O–H groups in total. The average molecular weight is 721 g/mol. The third-order valence-corrected chi connectivity index (χ3v) is 9.70. The zero-order chi connectivity index (χ0) is 37.9. The van der Waals surface area contributed by atoms with E-state index in [0.29, 0.717) is 62.5 Å².